The van der Waals surface area contributed by atoms with Crippen molar-refractivity contribution in [2.24, 2.45) is 0 Å². The maximum Gasteiger partial charge on any atom is 0.320 e. The molecule has 1 heterocycles. The highest BCUT2D eigenvalue weighted by molar-refractivity contribution is 6.30. The maximum absolute atomic E-state index is 12.6. The zero-order valence-corrected chi connectivity index (χ0v) is 16.0. The van der Waals surface area contributed by atoms with Crippen LogP contribution in [0.2, 0.25) is 5.02 Å². The molecule has 4 aromatic rings. The molecule has 144 valence electrons. The lowest BCUT2D eigenvalue weighted by Gasteiger charge is -2.16. The molecule has 0 aliphatic rings. The molecular weight excluding hydrogens is 388 g/mol. The van der Waals surface area contributed by atoms with Gasteiger partial charge in [-0.05, 0) is 35.9 Å². The van der Waals surface area contributed by atoms with Crippen molar-refractivity contribution in [1.82, 2.24) is 15.5 Å². The summed E-state index contributed by atoms with van der Waals surface area (Å²) in [4.78, 5) is 12.6. The summed E-state index contributed by atoms with van der Waals surface area (Å²) in [5, 5.41) is 14.5. The van der Waals surface area contributed by atoms with Crippen LogP contribution in [0.15, 0.2) is 89.3 Å². The molecule has 0 saturated carbocycles. The molecule has 2 N–H and O–H groups in total. The minimum atomic E-state index is -0.611. The number of nitrogens with one attached hydrogen (secondary N) is 2. The summed E-state index contributed by atoms with van der Waals surface area (Å²) < 4.78 is 5.87. The lowest BCUT2D eigenvalue weighted by molar-refractivity contribution is 0.248. The molecule has 0 saturated heterocycles. The highest BCUT2D eigenvalue weighted by Gasteiger charge is 2.23. The molecule has 7 heteroatoms. The third-order valence-electron chi connectivity index (χ3n) is 4.20. The van der Waals surface area contributed by atoms with Gasteiger partial charge in [0.25, 0.3) is 0 Å². The van der Waals surface area contributed by atoms with Crippen molar-refractivity contribution in [3.63, 3.8) is 0 Å². The highest BCUT2D eigenvalue weighted by Crippen LogP contribution is 2.25. The minimum absolute atomic E-state index is 0.288. The van der Waals surface area contributed by atoms with Crippen molar-refractivity contribution in [1.29, 1.82) is 0 Å². The van der Waals surface area contributed by atoms with E-state index in [1.807, 2.05) is 60.7 Å². The second-order valence-corrected chi connectivity index (χ2v) is 6.70. The van der Waals surface area contributed by atoms with Gasteiger partial charge in [0.2, 0.25) is 11.8 Å². The first-order chi connectivity index (χ1) is 14.2. The average Bonchev–Trinajstić information content (AvgIpc) is 3.23. The van der Waals surface area contributed by atoms with Crippen molar-refractivity contribution >= 4 is 23.3 Å². The van der Waals surface area contributed by atoms with Crippen LogP contribution in [0.5, 0.6) is 0 Å². The molecule has 0 aliphatic carbocycles. The topological polar surface area (TPSA) is 80.0 Å². The smallest absolute Gasteiger partial charge is 0.320 e. The van der Waals surface area contributed by atoms with Gasteiger partial charge >= 0.3 is 6.03 Å². The number of hydrogen-bond acceptors (Lipinski definition) is 4. The summed E-state index contributed by atoms with van der Waals surface area (Å²) >= 11 is 5.98. The number of urea groups is 1. The van der Waals surface area contributed by atoms with Crippen LogP contribution in [0, 0.1) is 0 Å². The number of aromatic nitrogens is 2. The number of hydrogen-bond donors (Lipinski definition) is 2. The zero-order valence-electron chi connectivity index (χ0n) is 15.2. The molecular formula is C22H17ClN4O2. The van der Waals surface area contributed by atoms with Crippen LogP contribution in [-0.2, 0) is 0 Å². The van der Waals surface area contributed by atoms with Gasteiger partial charge in [0, 0.05) is 16.3 Å². The van der Waals surface area contributed by atoms with Crippen molar-refractivity contribution < 1.29 is 9.21 Å². The summed E-state index contributed by atoms with van der Waals surface area (Å²) in [6.45, 7) is 0. The number of nitrogens with zero attached hydrogens (tertiary/aromatic N) is 2. The molecule has 0 radical (unpaired) electrons. The van der Waals surface area contributed by atoms with Crippen LogP contribution in [0.4, 0.5) is 10.5 Å². The van der Waals surface area contributed by atoms with E-state index < -0.39 is 12.1 Å². The van der Waals surface area contributed by atoms with Gasteiger partial charge < -0.3 is 15.1 Å². The van der Waals surface area contributed by atoms with Crippen LogP contribution >= 0.6 is 11.6 Å². The van der Waals surface area contributed by atoms with Gasteiger partial charge in [-0.2, -0.15) is 0 Å². The van der Waals surface area contributed by atoms with E-state index in [1.54, 1.807) is 24.3 Å². The quantitative estimate of drug-likeness (QED) is 0.473. The fourth-order valence-corrected chi connectivity index (χ4v) is 3.04. The van der Waals surface area contributed by atoms with E-state index in [4.69, 9.17) is 16.0 Å². The first-order valence-electron chi connectivity index (χ1n) is 8.96. The van der Waals surface area contributed by atoms with Gasteiger partial charge in [-0.25, -0.2) is 4.79 Å². The molecule has 0 aliphatic heterocycles. The Morgan fingerprint density at radius 3 is 2.34 bits per heavy atom. The van der Waals surface area contributed by atoms with Gasteiger partial charge in [-0.1, -0.05) is 66.2 Å². The second-order valence-electron chi connectivity index (χ2n) is 6.26. The largest absolute Gasteiger partial charge is 0.418 e. The minimum Gasteiger partial charge on any atom is -0.418 e. The van der Waals surface area contributed by atoms with Crippen LogP contribution in [0.3, 0.4) is 0 Å². The molecule has 6 nitrogen and oxygen atoms in total. The summed E-state index contributed by atoms with van der Waals surface area (Å²) in [7, 11) is 0. The summed E-state index contributed by atoms with van der Waals surface area (Å²) in [5.74, 6) is 0.676. The van der Waals surface area contributed by atoms with Gasteiger partial charge in [0.05, 0.1) is 0 Å². The molecule has 0 bridgehead atoms. The van der Waals surface area contributed by atoms with Gasteiger partial charge in [0.15, 0.2) is 0 Å². The van der Waals surface area contributed by atoms with E-state index in [-0.39, 0.29) is 5.89 Å². The summed E-state index contributed by atoms with van der Waals surface area (Å²) in [6.07, 6.45) is 0. The predicted octanol–water partition coefficient (Wildman–Crippen LogP) is 5.30. The Morgan fingerprint density at radius 1 is 0.897 bits per heavy atom. The van der Waals surface area contributed by atoms with E-state index >= 15 is 0 Å². The zero-order chi connectivity index (χ0) is 20.1. The van der Waals surface area contributed by atoms with Crippen molar-refractivity contribution in [3.05, 3.63) is 101 Å². The molecule has 29 heavy (non-hydrogen) atoms. The molecule has 1 aromatic heterocycles. The molecule has 4 rings (SSSR count). The van der Waals surface area contributed by atoms with E-state index in [0.717, 1.165) is 11.1 Å². The normalized spacial score (nSPS) is 11.6. The standard InChI is InChI=1S/C22H17ClN4O2/c23-17-12-7-13-18(14-17)24-22(28)25-19(15-8-3-1-4-9-15)21-27-26-20(29-21)16-10-5-2-6-11-16/h1-14,19H,(H2,24,25,28)/t19-/m0/s1. The van der Waals surface area contributed by atoms with Crippen molar-refractivity contribution in [2.45, 2.75) is 6.04 Å². The number of anilines is 1. The number of halogens is 1. The number of rotatable bonds is 5. The molecule has 0 spiro atoms. The lowest BCUT2D eigenvalue weighted by Crippen LogP contribution is -2.33. The first-order valence-corrected chi connectivity index (χ1v) is 9.34. The molecule has 1 atom stereocenters. The SMILES string of the molecule is O=C(Nc1cccc(Cl)c1)N[C@@H](c1ccccc1)c1nnc(-c2ccccc2)o1. The van der Waals surface area contributed by atoms with E-state index in [2.05, 4.69) is 20.8 Å². The number of benzene rings is 3. The summed E-state index contributed by atoms with van der Waals surface area (Å²) in [5.41, 5.74) is 2.20. The number of amides is 2. The lowest BCUT2D eigenvalue weighted by atomic mass is 10.1. The third-order valence-corrected chi connectivity index (χ3v) is 4.43. The number of carbonyl (C=O) groups is 1. The van der Waals surface area contributed by atoms with E-state index in [1.165, 1.54) is 0 Å². The van der Waals surface area contributed by atoms with Crippen LogP contribution < -0.4 is 10.6 Å². The Morgan fingerprint density at radius 2 is 1.62 bits per heavy atom. The van der Waals surface area contributed by atoms with Crippen molar-refractivity contribution in [3.8, 4) is 11.5 Å². The van der Waals surface area contributed by atoms with Gasteiger partial charge in [-0.15, -0.1) is 10.2 Å². The monoisotopic (exact) mass is 404 g/mol. The van der Waals surface area contributed by atoms with Crippen LogP contribution in [0.1, 0.15) is 17.5 Å². The first kappa shape index (κ1) is 18.7. The van der Waals surface area contributed by atoms with E-state index in [9.17, 15) is 4.79 Å². The number of carbonyl (C=O) groups excluding carboxylic acids is 1. The molecule has 0 fully saturated rings. The fourth-order valence-electron chi connectivity index (χ4n) is 2.85. The Balaban J connectivity index is 1.59. The Labute approximate surface area is 172 Å². The van der Waals surface area contributed by atoms with Crippen LogP contribution in [0.25, 0.3) is 11.5 Å². The van der Waals surface area contributed by atoms with E-state index in [0.29, 0.717) is 16.6 Å². The average molecular weight is 405 g/mol. The fraction of sp³-hybridized carbons (Fsp3) is 0.0455. The highest BCUT2D eigenvalue weighted by atomic mass is 35.5. The van der Waals surface area contributed by atoms with Gasteiger partial charge in [-0.3, -0.25) is 0 Å². The molecule has 2 amide bonds. The van der Waals surface area contributed by atoms with Crippen LogP contribution in [-0.4, -0.2) is 16.2 Å². The predicted molar refractivity (Wildman–Crippen MR) is 112 cm³/mol. The van der Waals surface area contributed by atoms with Gasteiger partial charge in [0.1, 0.15) is 6.04 Å². The third kappa shape index (κ3) is 4.62. The Hall–Kier alpha value is -3.64. The maximum atomic E-state index is 12.6. The summed E-state index contributed by atoms with van der Waals surface area (Å²) in [6, 6.07) is 24.8. The molecule has 0 unspecified atom stereocenters. The second kappa shape index (κ2) is 8.58. The molecule has 3 aromatic carbocycles. The Bertz CT molecular complexity index is 1100. The van der Waals surface area contributed by atoms with Crippen molar-refractivity contribution in [2.75, 3.05) is 5.32 Å². The Kier molecular flexibility index (Phi) is 5.54.